The van der Waals surface area contributed by atoms with Gasteiger partial charge >= 0.3 is 5.97 Å². The Labute approximate surface area is 179 Å². The number of hydrogen-bond donors (Lipinski definition) is 6. The summed E-state index contributed by atoms with van der Waals surface area (Å²) >= 11 is 0. The van der Waals surface area contributed by atoms with Gasteiger partial charge in [0.05, 0.1) is 6.61 Å². The molecule has 6 N–H and O–H groups in total. The average Bonchev–Trinajstić information content (AvgIpc) is 2.74. The zero-order valence-corrected chi connectivity index (χ0v) is 17.5. The highest BCUT2D eigenvalue weighted by atomic mass is 16.7. The number of hydrogen-bond acceptors (Lipinski definition) is 9. The Morgan fingerprint density at radius 1 is 1.16 bits per heavy atom. The number of carboxylic acid groups (broad SMARTS) is 1. The van der Waals surface area contributed by atoms with Crippen molar-refractivity contribution in [1.82, 2.24) is 10.6 Å². The van der Waals surface area contributed by atoms with E-state index in [1.807, 2.05) is 6.92 Å². The first-order chi connectivity index (χ1) is 14.8. The van der Waals surface area contributed by atoms with Crippen LogP contribution in [0, 0.1) is 0 Å². The zero-order valence-electron chi connectivity index (χ0n) is 17.5. The number of benzene rings is 1. The van der Waals surface area contributed by atoms with Gasteiger partial charge in [-0.2, -0.15) is 0 Å². The Bertz CT molecular complexity index is 745. The van der Waals surface area contributed by atoms with Crippen molar-refractivity contribution in [3.63, 3.8) is 0 Å². The zero-order chi connectivity index (χ0) is 23.0. The molecule has 0 bridgehead atoms. The van der Waals surface area contributed by atoms with E-state index < -0.39 is 36.7 Å². The molecule has 1 aliphatic rings. The largest absolute Gasteiger partial charge is 0.479 e. The third kappa shape index (κ3) is 6.86. The van der Waals surface area contributed by atoms with Crippen LogP contribution in [0.2, 0.25) is 0 Å². The molecule has 1 heterocycles. The van der Waals surface area contributed by atoms with E-state index in [0.29, 0.717) is 18.7 Å². The van der Waals surface area contributed by atoms with Crippen molar-refractivity contribution in [2.24, 2.45) is 0 Å². The molecule has 5 unspecified atom stereocenters. The fourth-order valence-electron chi connectivity index (χ4n) is 3.08. The maximum atomic E-state index is 12.0. The van der Waals surface area contributed by atoms with Crippen LogP contribution in [0.5, 0.6) is 5.75 Å². The lowest BCUT2D eigenvalue weighted by atomic mass is 9.99. The Morgan fingerprint density at radius 2 is 1.90 bits per heavy atom. The number of aliphatic carboxylic acids is 1. The molecule has 0 radical (unpaired) electrons. The summed E-state index contributed by atoms with van der Waals surface area (Å²) in [6.45, 7) is 3.65. The summed E-state index contributed by atoms with van der Waals surface area (Å²) in [5.74, 6) is -1.47. The van der Waals surface area contributed by atoms with Crippen molar-refractivity contribution in [3.05, 3.63) is 29.3 Å². The van der Waals surface area contributed by atoms with Crippen molar-refractivity contribution in [2.45, 2.75) is 57.2 Å². The van der Waals surface area contributed by atoms with Gasteiger partial charge in [0, 0.05) is 32.2 Å². The number of carbonyl (C=O) groups excluding carboxylic acids is 1. The van der Waals surface area contributed by atoms with Gasteiger partial charge in [0.1, 0.15) is 24.1 Å². The number of carboxylic acids is 1. The molecule has 1 fully saturated rings. The fraction of sp³-hybridized carbons (Fsp3) is 0.600. The van der Waals surface area contributed by atoms with Crippen LogP contribution in [-0.2, 0) is 32.2 Å². The summed E-state index contributed by atoms with van der Waals surface area (Å²) in [6.07, 6.45) is -8.31. The predicted molar refractivity (Wildman–Crippen MR) is 107 cm³/mol. The highest BCUT2D eigenvalue weighted by Crippen LogP contribution is 2.28. The van der Waals surface area contributed by atoms with E-state index in [4.69, 9.17) is 14.2 Å². The van der Waals surface area contributed by atoms with Crippen LogP contribution in [0.25, 0.3) is 0 Å². The van der Waals surface area contributed by atoms with E-state index in [1.165, 1.54) is 7.11 Å². The Kier molecular flexibility index (Phi) is 9.62. The van der Waals surface area contributed by atoms with Gasteiger partial charge in [0.15, 0.2) is 6.10 Å². The Balaban J connectivity index is 2.16. The summed E-state index contributed by atoms with van der Waals surface area (Å²) in [5.41, 5.74) is 1.34. The monoisotopic (exact) mass is 442 g/mol. The van der Waals surface area contributed by atoms with Gasteiger partial charge < -0.3 is 45.3 Å². The summed E-state index contributed by atoms with van der Waals surface area (Å²) in [6, 6.07) is 5.00. The van der Waals surface area contributed by atoms with Crippen LogP contribution in [0.15, 0.2) is 18.2 Å². The van der Waals surface area contributed by atoms with Gasteiger partial charge in [-0.15, -0.1) is 0 Å². The second kappa shape index (κ2) is 11.9. The van der Waals surface area contributed by atoms with Crippen LogP contribution in [-0.4, -0.2) is 83.2 Å². The van der Waals surface area contributed by atoms with E-state index in [9.17, 15) is 30.0 Å². The lowest BCUT2D eigenvalue weighted by Gasteiger charge is -2.38. The normalized spacial score (nSPS) is 25.8. The topological polar surface area (TPSA) is 167 Å². The van der Waals surface area contributed by atoms with Crippen LogP contribution in [0.1, 0.15) is 24.5 Å². The van der Waals surface area contributed by atoms with E-state index in [-0.39, 0.29) is 24.6 Å². The van der Waals surface area contributed by atoms with E-state index in [2.05, 4.69) is 10.6 Å². The van der Waals surface area contributed by atoms with Crippen molar-refractivity contribution in [3.8, 4) is 5.75 Å². The number of carbonyl (C=O) groups is 2. The molecule has 31 heavy (non-hydrogen) atoms. The maximum Gasteiger partial charge on any atom is 0.335 e. The molecule has 1 aromatic rings. The van der Waals surface area contributed by atoms with E-state index in [0.717, 1.165) is 12.1 Å². The van der Waals surface area contributed by atoms with Crippen molar-refractivity contribution in [2.75, 3.05) is 20.2 Å². The van der Waals surface area contributed by atoms with Crippen LogP contribution in [0.4, 0.5) is 0 Å². The minimum Gasteiger partial charge on any atom is -0.479 e. The SMILES string of the molecule is CCNCCC(=O)NCc1cc(COC)ccc1OC1OC(C(=O)O)C(O)C(O)C1O. The third-order valence-corrected chi connectivity index (χ3v) is 4.75. The number of amides is 1. The molecule has 1 saturated heterocycles. The molecular formula is C20H30N2O9. The molecule has 0 saturated carbocycles. The Hall–Kier alpha value is -2.28. The molecule has 1 amide bonds. The van der Waals surface area contributed by atoms with E-state index in [1.54, 1.807) is 18.2 Å². The van der Waals surface area contributed by atoms with Gasteiger partial charge in [-0.3, -0.25) is 4.79 Å². The standard InChI is InChI=1S/C20H30N2O9/c1-3-21-7-6-14(23)22-9-12-8-11(10-29-2)4-5-13(12)30-20-17(26)15(24)16(25)18(31-20)19(27)28/h4-5,8,15-18,20-21,24-26H,3,6-7,9-10H2,1-2H3,(H,22,23)(H,27,28). The van der Waals surface area contributed by atoms with E-state index >= 15 is 0 Å². The molecule has 11 heteroatoms. The summed E-state index contributed by atoms with van der Waals surface area (Å²) in [7, 11) is 1.54. The van der Waals surface area contributed by atoms with Crippen LogP contribution in [0.3, 0.4) is 0 Å². The lowest BCUT2D eigenvalue weighted by Crippen LogP contribution is -2.61. The molecular weight excluding hydrogens is 412 g/mol. The van der Waals surface area contributed by atoms with Crippen LogP contribution < -0.4 is 15.4 Å². The van der Waals surface area contributed by atoms with Crippen molar-refractivity contribution in [1.29, 1.82) is 0 Å². The minimum absolute atomic E-state index is 0.105. The molecule has 2 rings (SSSR count). The first-order valence-corrected chi connectivity index (χ1v) is 9.95. The van der Waals surface area contributed by atoms with Gasteiger partial charge in [-0.05, 0) is 24.2 Å². The van der Waals surface area contributed by atoms with Crippen molar-refractivity contribution >= 4 is 11.9 Å². The lowest BCUT2D eigenvalue weighted by molar-refractivity contribution is -0.271. The highest BCUT2D eigenvalue weighted by molar-refractivity contribution is 5.76. The minimum atomic E-state index is -1.81. The third-order valence-electron chi connectivity index (χ3n) is 4.75. The highest BCUT2D eigenvalue weighted by Gasteiger charge is 2.48. The molecule has 1 aromatic carbocycles. The number of methoxy groups -OCH3 is 1. The molecule has 0 spiro atoms. The fourth-order valence-corrected chi connectivity index (χ4v) is 3.08. The van der Waals surface area contributed by atoms with Gasteiger partial charge in [0.25, 0.3) is 0 Å². The molecule has 1 aliphatic heterocycles. The number of aliphatic hydroxyl groups is 3. The first kappa shape index (κ1) is 25.0. The molecule has 5 atom stereocenters. The van der Waals surface area contributed by atoms with Gasteiger partial charge in [-0.25, -0.2) is 4.79 Å². The predicted octanol–water partition coefficient (Wildman–Crippen LogP) is -1.28. The molecule has 0 aromatic heterocycles. The summed E-state index contributed by atoms with van der Waals surface area (Å²) < 4.78 is 15.9. The first-order valence-electron chi connectivity index (χ1n) is 9.95. The maximum absolute atomic E-state index is 12.0. The number of aliphatic hydroxyl groups excluding tert-OH is 3. The average molecular weight is 442 g/mol. The molecule has 11 nitrogen and oxygen atoms in total. The summed E-state index contributed by atoms with van der Waals surface area (Å²) in [4.78, 5) is 23.3. The second-order valence-corrected chi connectivity index (χ2v) is 7.11. The molecule has 0 aliphatic carbocycles. The second-order valence-electron chi connectivity index (χ2n) is 7.11. The number of ether oxygens (including phenoxy) is 3. The van der Waals surface area contributed by atoms with Crippen molar-refractivity contribution < 1.29 is 44.2 Å². The van der Waals surface area contributed by atoms with Crippen LogP contribution >= 0.6 is 0 Å². The van der Waals surface area contributed by atoms with Gasteiger partial charge in [-0.1, -0.05) is 13.0 Å². The quantitative estimate of drug-likeness (QED) is 0.227. The summed E-state index contributed by atoms with van der Waals surface area (Å²) in [5, 5.41) is 45.0. The molecule has 174 valence electrons. The number of nitrogens with one attached hydrogen (secondary N) is 2. The van der Waals surface area contributed by atoms with Gasteiger partial charge in [0.2, 0.25) is 12.2 Å². The smallest absolute Gasteiger partial charge is 0.335 e. The Morgan fingerprint density at radius 3 is 2.55 bits per heavy atom. The number of rotatable bonds is 11.